The first kappa shape index (κ1) is 11.7. The zero-order valence-electron chi connectivity index (χ0n) is 9.91. The van der Waals surface area contributed by atoms with E-state index in [4.69, 9.17) is 0 Å². The minimum absolute atomic E-state index is 0.0164. The number of carbonyl (C=O) groups excluding carboxylic acids is 1. The first-order valence-electron chi connectivity index (χ1n) is 6.04. The van der Waals surface area contributed by atoms with Crippen molar-refractivity contribution in [2.75, 3.05) is 18.4 Å². The number of para-hydroxylation sites is 1. The van der Waals surface area contributed by atoms with Gasteiger partial charge in [0.25, 0.3) is 0 Å². The molecule has 1 unspecified atom stereocenters. The van der Waals surface area contributed by atoms with Crippen LogP contribution in [-0.2, 0) is 4.79 Å². The van der Waals surface area contributed by atoms with Crippen LogP contribution in [0.2, 0.25) is 0 Å². The molecule has 2 rings (SSSR count). The molecule has 1 aliphatic heterocycles. The van der Waals surface area contributed by atoms with Crippen molar-refractivity contribution in [2.24, 2.45) is 0 Å². The van der Waals surface area contributed by atoms with Crippen LogP contribution in [0.25, 0.3) is 0 Å². The molecular formula is C14H18N2O. The van der Waals surface area contributed by atoms with Gasteiger partial charge in [-0.1, -0.05) is 24.3 Å². The minimum atomic E-state index is -0.0164. The molecule has 0 aromatic heterocycles. The average molecular weight is 230 g/mol. The second kappa shape index (κ2) is 5.53. The van der Waals surface area contributed by atoms with E-state index in [1.54, 1.807) is 0 Å². The molecule has 2 N–H and O–H groups in total. The van der Waals surface area contributed by atoms with Gasteiger partial charge in [-0.3, -0.25) is 4.79 Å². The quantitative estimate of drug-likeness (QED) is 0.615. The number of hydrogen-bond acceptors (Lipinski definition) is 2. The van der Waals surface area contributed by atoms with Crippen LogP contribution >= 0.6 is 0 Å². The van der Waals surface area contributed by atoms with Crippen LogP contribution in [0.1, 0.15) is 24.3 Å². The highest BCUT2D eigenvalue weighted by Gasteiger charge is 2.25. The number of nitrogens with one attached hydrogen (secondary N) is 2. The third-order valence-electron chi connectivity index (χ3n) is 3.05. The van der Waals surface area contributed by atoms with E-state index in [1.165, 1.54) is 0 Å². The average Bonchev–Trinajstić information content (AvgIpc) is 2.38. The van der Waals surface area contributed by atoms with E-state index in [9.17, 15) is 4.79 Å². The predicted molar refractivity (Wildman–Crippen MR) is 70.1 cm³/mol. The summed E-state index contributed by atoms with van der Waals surface area (Å²) in [5.41, 5.74) is 2.19. The molecule has 3 heteroatoms. The molecule has 0 aliphatic carbocycles. The van der Waals surface area contributed by atoms with Crippen molar-refractivity contribution in [2.45, 2.75) is 18.8 Å². The molecule has 0 spiro atoms. The molecule has 1 aliphatic rings. The normalized spacial score (nSPS) is 17.8. The Labute approximate surface area is 102 Å². The van der Waals surface area contributed by atoms with Crippen molar-refractivity contribution in [1.82, 2.24) is 5.32 Å². The lowest BCUT2D eigenvalue weighted by molar-refractivity contribution is -0.122. The highest BCUT2D eigenvalue weighted by Crippen LogP contribution is 2.31. The van der Waals surface area contributed by atoms with E-state index in [0.717, 1.165) is 30.6 Å². The Hall–Kier alpha value is -1.77. The molecule has 0 fully saturated rings. The van der Waals surface area contributed by atoms with E-state index in [1.807, 2.05) is 30.3 Å². The number of rotatable bonds is 4. The summed E-state index contributed by atoms with van der Waals surface area (Å²) in [6.07, 6.45) is 3.49. The lowest BCUT2D eigenvalue weighted by atomic mass is 9.90. The molecule has 0 saturated carbocycles. The largest absolute Gasteiger partial charge is 0.385 e. The Morgan fingerprint density at radius 1 is 1.53 bits per heavy atom. The number of carbonyl (C=O) groups is 1. The predicted octanol–water partition coefficient (Wildman–Crippen LogP) is 2.28. The SMILES string of the molecule is C=CCCNC(=O)C1CCNc2ccccc21. The van der Waals surface area contributed by atoms with Crippen LogP contribution in [0.4, 0.5) is 5.69 Å². The van der Waals surface area contributed by atoms with Crippen LogP contribution in [-0.4, -0.2) is 19.0 Å². The number of fused-ring (bicyclic) bond motifs is 1. The van der Waals surface area contributed by atoms with Crippen LogP contribution in [0.5, 0.6) is 0 Å². The maximum Gasteiger partial charge on any atom is 0.227 e. The van der Waals surface area contributed by atoms with Crippen LogP contribution < -0.4 is 10.6 Å². The Morgan fingerprint density at radius 3 is 3.18 bits per heavy atom. The topological polar surface area (TPSA) is 41.1 Å². The van der Waals surface area contributed by atoms with Gasteiger partial charge in [0.2, 0.25) is 5.91 Å². The molecule has 1 aromatic carbocycles. The van der Waals surface area contributed by atoms with Gasteiger partial charge in [0.05, 0.1) is 5.92 Å². The number of hydrogen-bond donors (Lipinski definition) is 2. The van der Waals surface area contributed by atoms with E-state index in [0.29, 0.717) is 6.54 Å². The first-order valence-corrected chi connectivity index (χ1v) is 6.04. The highest BCUT2D eigenvalue weighted by atomic mass is 16.1. The molecule has 0 radical (unpaired) electrons. The maximum atomic E-state index is 12.1. The standard InChI is InChI=1S/C14H18N2O/c1-2-3-9-16-14(17)12-8-10-15-13-7-5-4-6-11(12)13/h2,4-7,12,15H,1,3,8-10H2,(H,16,17). The van der Waals surface area contributed by atoms with Crippen molar-refractivity contribution in [3.8, 4) is 0 Å². The first-order chi connectivity index (χ1) is 8.33. The Morgan fingerprint density at radius 2 is 2.35 bits per heavy atom. The van der Waals surface area contributed by atoms with Gasteiger partial charge in [0.1, 0.15) is 0 Å². The highest BCUT2D eigenvalue weighted by molar-refractivity contribution is 5.86. The zero-order valence-corrected chi connectivity index (χ0v) is 9.91. The second-order valence-corrected chi connectivity index (χ2v) is 4.22. The molecule has 0 saturated heterocycles. The summed E-state index contributed by atoms with van der Waals surface area (Å²) in [5, 5.41) is 6.27. The Balaban J connectivity index is 2.07. The lowest BCUT2D eigenvalue weighted by Gasteiger charge is -2.25. The zero-order chi connectivity index (χ0) is 12.1. The number of anilines is 1. The van der Waals surface area contributed by atoms with Gasteiger partial charge in [-0.05, 0) is 24.5 Å². The van der Waals surface area contributed by atoms with Crippen molar-refractivity contribution >= 4 is 11.6 Å². The summed E-state index contributed by atoms with van der Waals surface area (Å²) < 4.78 is 0. The summed E-state index contributed by atoms with van der Waals surface area (Å²) in [6.45, 7) is 5.18. The van der Waals surface area contributed by atoms with Crippen molar-refractivity contribution in [3.63, 3.8) is 0 Å². The van der Waals surface area contributed by atoms with Gasteiger partial charge < -0.3 is 10.6 Å². The Bertz CT molecular complexity index is 414. The smallest absolute Gasteiger partial charge is 0.227 e. The van der Waals surface area contributed by atoms with E-state index < -0.39 is 0 Å². The summed E-state index contributed by atoms with van der Waals surface area (Å²) in [5.74, 6) is 0.109. The molecule has 1 aromatic rings. The molecule has 17 heavy (non-hydrogen) atoms. The van der Waals surface area contributed by atoms with Gasteiger partial charge >= 0.3 is 0 Å². The third-order valence-corrected chi connectivity index (χ3v) is 3.05. The fourth-order valence-electron chi connectivity index (χ4n) is 2.16. The molecule has 3 nitrogen and oxygen atoms in total. The van der Waals surface area contributed by atoms with Crippen LogP contribution in [0, 0.1) is 0 Å². The molecule has 1 amide bonds. The van der Waals surface area contributed by atoms with Gasteiger partial charge in [-0.15, -0.1) is 6.58 Å². The van der Waals surface area contributed by atoms with Gasteiger partial charge in [0, 0.05) is 18.8 Å². The van der Waals surface area contributed by atoms with E-state index in [-0.39, 0.29) is 11.8 Å². The second-order valence-electron chi connectivity index (χ2n) is 4.22. The fraction of sp³-hybridized carbons (Fsp3) is 0.357. The molecule has 1 atom stereocenters. The summed E-state index contributed by atoms with van der Waals surface area (Å²) >= 11 is 0. The van der Waals surface area contributed by atoms with Gasteiger partial charge in [0.15, 0.2) is 0 Å². The van der Waals surface area contributed by atoms with Crippen molar-refractivity contribution in [1.29, 1.82) is 0 Å². The van der Waals surface area contributed by atoms with Crippen LogP contribution in [0.15, 0.2) is 36.9 Å². The third kappa shape index (κ3) is 2.67. The maximum absolute atomic E-state index is 12.1. The molecular weight excluding hydrogens is 212 g/mol. The van der Waals surface area contributed by atoms with Crippen LogP contribution in [0.3, 0.4) is 0 Å². The van der Waals surface area contributed by atoms with E-state index in [2.05, 4.69) is 17.2 Å². The summed E-state index contributed by atoms with van der Waals surface area (Å²) in [7, 11) is 0. The molecule has 1 heterocycles. The monoisotopic (exact) mass is 230 g/mol. The minimum Gasteiger partial charge on any atom is -0.385 e. The molecule has 0 bridgehead atoms. The summed E-state index contributed by atoms with van der Waals surface area (Å²) in [4.78, 5) is 12.1. The summed E-state index contributed by atoms with van der Waals surface area (Å²) in [6, 6.07) is 8.03. The van der Waals surface area contributed by atoms with Crippen molar-refractivity contribution in [3.05, 3.63) is 42.5 Å². The van der Waals surface area contributed by atoms with E-state index >= 15 is 0 Å². The molecule has 90 valence electrons. The number of amides is 1. The number of benzene rings is 1. The Kier molecular flexibility index (Phi) is 3.81. The van der Waals surface area contributed by atoms with Gasteiger partial charge in [-0.2, -0.15) is 0 Å². The van der Waals surface area contributed by atoms with Gasteiger partial charge in [-0.25, -0.2) is 0 Å². The fourth-order valence-corrected chi connectivity index (χ4v) is 2.16. The van der Waals surface area contributed by atoms with Crippen molar-refractivity contribution < 1.29 is 4.79 Å². The lowest BCUT2D eigenvalue weighted by Crippen LogP contribution is -2.33.